The SMILES string of the molecule is CN(CC(=O)O)C(=O)OI. The third-order valence-electron chi connectivity index (χ3n) is 0.750. The lowest BCUT2D eigenvalue weighted by atomic mass is 10.6. The third-order valence-corrected chi connectivity index (χ3v) is 1.13. The Hall–Kier alpha value is -0.530. The normalized spacial score (nSPS) is 8.60. The minimum absolute atomic E-state index is 0.345. The molecule has 1 N–H and O–H groups in total. The lowest BCUT2D eigenvalue weighted by Crippen LogP contribution is -2.30. The third kappa shape index (κ3) is 3.49. The summed E-state index contributed by atoms with van der Waals surface area (Å²) in [4.78, 5) is 21.4. The molecule has 0 rings (SSSR count). The summed E-state index contributed by atoms with van der Waals surface area (Å²) >= 11 is 1.39. The van der Waals surface area contributed by atoms with Gasteiger partial charge >= 0.3 is 12.1 Å². The lowest BCUT2D eigenvalue weighted by Gasteiger charge is -2.09. The zero-order valence-corrected chi connectivity index (χ0v) is 7.36. The van der Waals surface area contributed by atoms with Crippen LogP contribution in [0.4, 0.5) is 4.79 Å². The molecule has 0 radical (unpaired) electrons. The van der Waals surface area contributed by atoms with E-state index in [-0.39, 0.29) is 6.54 Å². The number of carbonyl (C=O) groups excluding carboxylic acids is 1. The van der Waals surface area contributed by atoms with E-state index in [9.17, 15) is 9.59 Å². The van der Waals surface area contributed by atoms with Gasteiger partial charge in [-0.1, -0.05) is 0 Å². The van der Waals surface area contributed by atoms with E-state index in [4.69, 9.17) is 5.11 Å². The van der Waals surface area contributed by atoms with Crippen LogP contribution in [0.2, 0.25) is 0 Å². The van der Waals surface area contributed by atoms with Crippen molar-refractivity contribution >= 4 is 35.1 Å². The quantitative estimate of drug-likeness (QED) is 0.733. The van der Waals surface area contributed by atoms with Gasteiger partial charge in [0.25, 0.3) is 0 Å². The second-order valence-corrected chi connectivity index (χ2v) is 2.03. The Morgan fingerprint density at radius 3 is 2.50 bits per heavy atom. The largest absolute Gasteiger partial charge is 0.480 e. The van der Waals surface area contributed by atoms with E-state index in [0.29, 0.717) is 0 Å². The average Bonchev–Trinajstić information content (AvgIpc) is 1.85. The van der Waals surface area contributed by atoms with Gasteiger partial charge in [0.05, 0.1) is 0 Å². The van der Waals surface area contributed by atoms with Gasteiger partial charge in [0.1, 0.15) is 6.54 Å². The van der Waals surface area contributed by atoms with Gasteiger partial charge in [-0.15, -0.1) is 0 Å². The maximum absolute atomic E-state index is 10.5. The Labute approximate surface area is 71.6 Å². The highest BCUT2D eigenvalue weighted by molar-refractivity contribution is 14.1. The van der Waals surface area contributed by atoms with Gasteiger partial charge in [0.15, 0.2) is 23.0 Å². The van der Waals surface area contributed by atoms with E-state index in [2.05, 4.69) is 3.07 Å². The van der Waals surface area contributed by atoms with Crippen LogP contribution in [0, 0.1) is 0 Å². The summed E-state index contributed by atoms with van der Waals surface area (Å²) in [5.74, 6) is -1.07. The highest BCUT2D eigenvalue weighted by atomic mass is 127. The van der Waals surface area contributed by atoms with Crippen molar-refractivity contribution in [2.45, 2.75) is 0 Å². The van der Waals surface area contributed by atoms with Gasteiger partial charge in [-0.3, -0.25) is 9.69 Å². The van der Waals surface area contributed by atoms with Crippen molar-refractivity contribution in [2.24, 2.45) is 0 Å². The van der Waals surface area contributed by atoms with Crippen molar-refractivity contribution in [1.82, 2.24) is 4.90 Å². The molecule has 0 aliphatic heterocycles. The summed E-state index contributed by atoms with van der Waals surface area (Å²) in [5, 5.41) is 8.18. The number of rotatable bonds is 2. The Bertz CT molecular complexity index is 148. The van der Waals surface area contributed by atoms with Crippen molar-refractivity contribution in [3.05, 3.63) is 0 Å². The van der Waals surface area contributed by atoms with Crippen LogP contribution in [0.1, 0.15) is 0 Å². The van der Waals surface area contributed by atoms with Crippen molar-refractivity contribution in [3.8, 4) is 0 Å². The molecule has 0 fully saturated rings. The van der Waals surface area contributed by atoms with Crippen LogP contribution < -0.4 is 0 Å². The molecule has 0 aromatic carbocycles. The first kappa shape index (κ1) is 9.47. The van der Waals surface area contributed by atoms with E-state index in [0.717, 1.165) is 4.90 Å². The predicted molar refractivity (Wildman–Crippen MR) is 40.8 cm³/mol. The molecule has 1 amide bonds. The molecule has 0 saturated heterocycles. The van der Waals surface area contributed by atoms with E-state index in [1.807, 2.05) is 0 Å². The number of nitrogens with zero attached hydrogens (tertiary/aromatic N) is 1. The number of halogens is 1. The number of carboxylic acids is 1. The smallest absolute Gasteiger partial charge is 0.419 e. The average molecular weight is 259 g/mol. The monoisotopic (exact) mass is 259 g/mol. The standard InChI is InChI=1S/C4H6INO4/c1-6(2-3(7)8)4(9)10-5/h2H2,1H3,(H,7,8). The summed E-state index contributed by atoms with van der Waals surface area (Å²) in [6, 6.07) is 0. The van der Waals surface area contributed by atoms with Crippen molar-refractivity contribution in [3.63, 3.8) is 0 Å². The molecule has 0 spiro atoms. The van der Waals surface area contributed by atoms with E-state index in [1.165, 1.54) is 30.1 Å². The summed E-state index contributed by atoms with van der Waals surface area (Å²) in [5.41, 5.74) is 0. The van der Waals surface area contributed by atoms with Crippen LogP contribution >= 0.6 is 23.0 Å². The van der Waals surface area contributed by atoms with Crippen LogP contribution in [0.15, 0.2) is 0 Å². The fourth-order valence-electron chi connectivity index (χ4n) is 0.326. The van der Waals surface area contributed by atoms with Gasteiger partial charge in [-0.2, -0.15) is 0 Å². The van der Waals surface area contributed by atoms with Crippen LogP contribution in [0.25, 0.3) is 0 Å². The Kier molecular flexibility index (Phi) is 4.08. The highest BCUT2D eigenvalue weighted by Crippen LogP contribution is 1.94. The number of amides is 1. The minimum atomic E-state index is -1.07. The molecule has 0 saturated carbocycles. The number of likely N-dealkylation sites (N-methyl/N-ethyl adjacent to an activating group) is 1. The zero-order valence-electron chi connectivity index (χ0n) is 5.20. The maximum atomic E-state index is 10.5. The predicted octanol–water partition coefficient (Wildman–Crippen LogP) is 0.489. The molecule has 5 nitrogen and oxygen atoms in total. The van der Waals surface area contributed by atoms with E-state index < -0.39 is 12.1 Å². The van der Waals surface area contributed by atoms with E-state index >= 15 is 0 Å². The Morgan fingerprint density at radius 1 is 1.70 bits per heavy atom. The fraction of sp³-hybridized carbons (Fsp3) is 0.500. The second-order valence-electron chi connectivity index (χ2n) is 1.59. The molecule has 0 atom stereocenters. The Morgan fingerprint density at radius 2 is 2.20 bits per heavy atom. The van der Waals surface area contributed by atoms with Crippen LogP contribution in [-0.2, 0) is 7.86 Å². The lowest BCUT2D eigenvalue weighted by molar-refractivity contribution is -0.137. The molecule has 0 aromatic heterocycles. The summed E-state index contributed by atoms with van der Waals surface area (Å²) < 4.78 is 4.21. The molecule has 58 valence electrons. The van der Waals surface area contributed by atoms with E-state index in [1.54, 1.807) is 0 Å². The number of hydrogen-bond donors (Lipinski definition) is 1. The molecule has 0 heterocycles. The molecule has 0 aliphatic carbocycles. The van der Waals surface area contributed by atoms with Crippen LogP contribution in [0.3, 0.4) is 0 Å². The molecule has 0 bridgehead atoms. The van der Waals surface area contributed by atoms with Crippen molar-refractivity contribution in [2.75, 3.05) is 13.6 Å². The number of hydrogen-bond acceptors (Lipinski definition) is 3. The first-order chi connectivity index (χ1) is 4.57. The van der Waals surface area contributed by atoms with Crippen molar-refractivity contribution in [1.29, 1.82) is 0 Å². The molecular formula is C4H6INO4. The van der Waals surface area contributed by atoms with Gasteiger partial charge in [0.2, 0.25) is 0 Å². The summed E-state index contributed by atoms with van der Waals surface area (Å²) in [6.45, 7) is -0.345. The zero-order chi connectivity index (χ0) is 8.15. The van der Waals surface area contributed by atoms with Gasteiger partial charge in [-0.05, 0) is 0 Å². The van der Waals surface area contributed by atoms with Gasteiger partial charge < -0.3 is 8.17 Å². The summed E-state index contributed by atoms with van der Waals surface area (Å²) in [6.07, 6.45) is -0.664. The second kappa shape index (κ2) is 4.31. The molecule has 6 heteroatoms. The number of carbonyl (C=O) groups is 2. The van der Waals surface area contributed by atoms with Crippen LogP contribution in [-0.4, -0.2) is 35.7 Å². The minimum Gasteiger partial charge on any atom is -0.480 e. The van der Waals surface area contributed by atoms with Gasteiger partial charge in [-0.25, -0.2) is 4.79 Å². The molecular weight excluding hydrogens is 253 g/mol. The molecule has 0 aliphatic rings. The maximum Gasteiger partial charge on any atom is 0.419 e. The van der Waals surface area contributed by atoms with Crippen LogP contribution in [0.5, 0.6) is 0 Å². The number of carboxylic acid groups (broad SMARTS) is 1. The molecule has 10 heavy (non-hydrogen) atoms. The topological polar surface area (TPSA) is 66.8 Å². The summed E-state index contributed by atoms with van der Waals surface area (Å²) in [7, 11) is 1.34. The molecule has 0 aromatic rings. The Balaban J connectivity index is 3.72. The highest BCUT2D eigenvalue weighted by Gasteiger charge is 2.11. The first-order valence-corrected chi connectivity index (χ1v) is 3.21. The van der Waals surface area contributed by atoms with Gasteiger partial charge in [0, 0.05) is 7.05 Å². The number of aliphatic carboxylic acids is 1. The first-order valence-electron chi connectivity index (χ1n) is 2.33. The fourth-order valence-corrected chi connectivity index (χ4v) is 0.663. The van der Waals surface area contributed by atoms with Crippen molar-refractivity contribution < 1.29 is 17.8 Å². The molecule has 0 unspecified atom stereocenters.